The summed E-state index contributed by atoms with van der Waals surface area (Å²) in [6.45, 7) is 7.87. The molecule has 2 rings (SSSR count). The molecular weight excluding hydrogens is 320 g/mol. The van der Waals surface area contributed by atoms with Crippen LogP contribution >= 0.6 is 15.9 Å². The molecule has 6 heteroatoms. The summed E-state index contributed by atoms with van der Waals surface area (Å²) >= 11 is 3.63. The maximum atomic E-state index is 5.73. The van der Waals surface area contributed by atoms with Crippen LogP contribution in [0.2, 0.25) is 0 Å². The first kappa shape index (κ1) is 15.5. The van der Waals surface area contributed by atoms with Gasteiger partial charge in [-0.2, -0.15) is 0 Å². The predicted octanol–water partition coefficient (Wildman–Crippen LogP) is 3.07. The predicted molar refractivity (Wildman–Crippen MR) is 85.4 cm³/mol. The van der Waals surface area contributed by atoms with Gasteiger partial charge in [0.1, 0.15) is 22.4 Å². The van der Waals surface area contributed by atoms with E-state index in [0.717, 1.165) is 61.6 Å². The average Bonchev–Trinajstić information content (AvgIpc) is 2.97. The highest BCUT2D eigenvalue weighted by Crippen LogP contribution is 2.30. The van der Waals surface area contributed by atoms with E-state index in [1.54, 1.807) is 6.33 Å². The normalized spacial score (nSPS) is 18.2. The molecular formula is C14H23BrN4O. The Morgan fingerprint density at radius 3 is 2.95 bits per heavy atom. The van der Waals surface area contributed by atoms with Gasteiger partial charge in [-0.1, -0.05) is 6.92 Å². The van der Waals surface area contributed by atoms with Gasteiger partial charge in [0.2, 0.25) is 0 Å². The van der Waals surface area contributed by atoms with Gasteiger partial charge in [0.15, 0.2) is 0 Å². The summed E-state index contributed by atoms with van der Waals surface area (Å²) in [6.07, 6.45) is 5.32. The summed E-state index contributed by atoms with van der Waals surface area (Å²) in [7, 11) is 0. The largest absolute Gasteiger partial charge is 0.376 e. The highest BCUT2D eigenvalue weighted by Gasteiger charge is 2.21. The van der Waals surface area contributed by atoms with Gasteiger partial charge < -0.3 is 15.0 Å². The van der Waals surface area contributed by atoms with Gasteiger partial charge in [-0.15, -0.1) is 0 Å². The first-order chi connectivity index (χ1) is 9.76. The molecule has 0 aliphatic carbocycles. The molecule has 0 amide bonds. The number of nitrogens with one attached hydrogen (secondary N) is 1. The first-order valence-electron chi connectivity index (χ1n) is 7.37. The van der Waals surface area contributed by atoms with E-state index in [9.17, 15) is 0 Å². The molecule has 0 aromatic carbocycles. The van der Waals surface area contributed by atoms with Crippen molar-refractivity contribution in [2.45, 2.75) is 39.2 Å². The van der Waals surface area contributed by atoms with E-state index in [1.807, 2.05) is 0 Å². The van der Waals surface area contributed by atoms with Crippen LogP contribution in [0.4, 0.5) is 11.6 Å². The highest BCUT2D eigenvalue weighted by atomic mass is 79.9. The van der Waals surface area contributed by atoms with Gasteiger partial charge >= 0.3 is 0 Å². The number of aromatic nitrogens is 2. The number of ether oxygens (including phenoxy) is 1. The molecule has 0 bridgehead atoms. The lowest BCUT2D eigenvalue weighted by Crippen LogP contribution is -2.33. The summed E-state index contributed by atoms with van der Waals surface area (Å²) in [6, 6.07) is 0. The minimum Gasteiger partial charge on any atom is -0.376 e. The van der Waals surface area contributed by atoms with Crippen LogP contribution in [0.25, 0.3) is 0 Å². The van der Waals surface area contributed by atoms with Gasteiger partial charge in [0, 0.05) is 26.2 Å². The Bertz CT molecular complexity index is 424. The van der Waals surface area contributed by atoms with Crippen molar-refractivity contribution in [3.8, 4) is 0 Å². The van der Waals surface area contributed by atoms with Gasteiger partial charge in [-0.25, -0.2) is 9.97 Å². The molecule has 20 heavy (non-hydrogen) atoms. The number of anilines is 2. The standard InChI is InChI=1S/C14H23BrN4O/c1-3-7-16-13-12(15)14(18-10-17-13)19(4-2)9-11-6-5-8-20-11/h10-11H,3-9H2,1-2H3,(H,16,17,18). The molecule has 1 fully saturated rings. The van der Waals surface area contributed by atoms with Crippen molar-refractivity contribution >= 4 is 27.6 Å². The van der Waals surface area contributed by atoms with Crippen molar-refractivity contribution in [3.05, 3.63) is 10.8 Å². The Hall–Kier alpha value is -0.880. The lowest BCUT2D eigenvalue weighted by molar-refractivity contribution is 0.115. The Morgan fingerprint density at radius 2 is 2.30 bits per heavy atom. The second-order valence-corrected chi connectivity index (χ2v) is 5.75. The molecule has 0 saturated carbocycles. The van der Waals surface area contributed by atoms with E-state index in [0.29, 0.717) is 6.10 Å². The Kier molecular flexibility index (Phi) is 6.04. The van der Waals surface area contributed by atoms with E-state index < -0.39 is 0 Å². The number of halogens is 1. The zero-order valence-electron chi connectivity index (χ0n) is 12.2. The third-order valence-electron chi connectivity index (χ3n) is 3.44. The van der Waals surface area contributed by atoms with Gasteiger partial charge in [-0.3, -0.25) is 0 Å². The van der Waals surface area contributed by atoms with E-state index >= 15 is 0 Å². The molecule has 0 spiro atoms. The van der Waals surface area contributed by atoms with Gasteiger partial charge in [0.25, 0.3) is 0 Å². The fourth-order valence-electron chi connectivity index (χ4n) is 2.35. The number of nitrogens with zero attached hydrogens (tertiary/aromatic N) is 3. The number of likely N-dealkylation sites (N-methyl/N-ethyl adjacent to an activating group) is 1. The van der Waals surface area contributed by atoms with Crippen LogP contribution in [0.1, 0.15) is 33.1 Å². The Balaban J connectivity index is 2.11. The van der Waals surface area contributed by atoms with Crippen LogP contribution < -0.4 is 10.2 Å². The zero-order valence-corrected chi connectivity index (χ0v) is 13.8. The van der Waals surface area contributed by atoms with Crippen molar-refractivity contribution in [2.75, 3.05) is 36.5 Å². The number of hydrogen-bond donors (Lipinski definition) is 1. The second kappa shape index (κ2) is 7.78. The van der Waals surface area contributed by atoms with E-state index in [4.69, 9.17) is 4.74 Å². The summed E-state index contributed by atoms with van der Waals surface area (Å²) in [5.41, 5.74) is 0. The molecule has 0 radical (unpaired) electrons. The maximum absolute atomic E-state index is 5.73. The zero-order chi connectivity index (χ0) is 14.4. The number of rotatable bonds is 7. The molecule has 5 nitrogen and oxygen atoms in total. The molecule has 1 aliphatic heterocycles. The summed E-state index contributed by atoms with van der Waals surface area (Å²) in [4.78, 5) is 11.0. The Morgan fingerprint density at radius 1 is 1.45 bits per heavy atom. The summed E-state index contributed by atoms with van der Waals surface area (Å²) in [5, 5.41) is 3.32. The molecule has 1 aliphatic rings. The third-order valence-corrected chi connectivity index (χ3v) is 4.17. The van der Waals surface area contributed by atoms with Crippen LogP contribution in [-0.2, 0) is 4.74 Å². The van der Waals surface area contributed by atoms with Crippen molar-refractivity contribution in [1.29, 1.82) is 0 Å². The van der Waals surface area contributed by atoms with Crippen LogP contribution in [0.5, 0.6) is 0 Å². The SMILES string of the molecule is CCCNc1ncnc(N(CC)CC2CCCO2)c1Br. The minimum atomic E-state index is 0.323. The van der Waals surface area contributed by atoms with E-state index in [2.05, 4.69) is 50.0 Å². The summed E-state index contributed by atoms with van der Waals surface area (Å²) < 4.78 is 6.66. The van der Waals surface area contributed by atoms with E-state index in [-0.39, 0.29) is 0 Å². The third kappa shape index (κ3) is 3.82. The average molecular weight is 343 g/mol. The van der Waals surface area contributed by atoms with Crippen molar-refractivity contribution < 1.29 is 4.74 Å². The molecule has 1 N–H and O–H groups in total. The smallest absolute Gasteiger partial charge is 0.148 e. The fraction of sp³-hybridized carbons (Fsp3) is 0.714. The van der Waals surface area contributed by atoms with Crippen LogP contribution in [0.3, 0.4) is 0 Å². The molecule has 2 heterocycles. The van der Waals surface area contributed by atoms with Gasteiger partial charge in [-0.05, 0) is 42.1 Å². The molecule has 112 valence electrons. The number of hydrogen-bond acceptors (Lipinski definition) is 5. The lowest BCUT2D eigenvalue weighted by atomic mass is 10.2. The fourth-order valence-corrected chi connectivity index (χ4v) is 2.94. The quantitative estimate of drug-likeness (QED) is 0.825. The molecule has 1 aromatic heterocycles. The maximum Gasteiger partial charge on any atom is 0.148 e. The van der Waals surface area contributed by atoms with Crippen molar-refractivity contribution in [2.24, 2.45) is 0 Å². The molecule has 1 atom stereocenters. The van der Waals surface area contributed by atoms with E-state index in [1.165, 1.54) is 0 Å². The van der Waals surface area contributed by atoms with Gasteiger partial charge in [0.05, 0.1) is 6.10 Å². The highest BCUT2D eigenvalue weighted by molar-refractivity contribution is 9.10. The van der Waals surface area contributed by atoms with Crippen molar-refractivity contribution in [1.82, 2.24) is 9.97 Å². The van der Waals surface area contributed by atoms with Crippen LogP contribution in [-0.4, -0.2) is 42.3 Å². The van der Waals surface area contributed by atoms with Crippen LogP contribution in [0.15, 0.2) is 10.8 Å². The Labute approximate surface area is 129 Å². The first-order valence-corrected chi connectivity index (χ1v) is 8.16. The lowest BCUT2D eigenvalue weighted by Gasteiger charge is -2.26. The molecule has 1 unspecified atom stereocenters. The summed E-state index contributed by atoms with van der Waals surface area (Å²) in [5.74, 6) is 1.80. The minimum absolute atomic E-state index is 0.323. The van der Waals surface area contributed by atoms with Crippen LogP contribution in [0, 0.1) is 0 Å². The van der Waals surface area contributed by atoms with Crippen molar-refractivity contribution in [3.63, 3.8) is 0 Å². The topological polar surface area (TPSA) is 50.3 Å². The molecule has 1 saturated heterocycles. The monoisotopic (exact) mass is 342 g/mol. The molecule has 1 aromatic rings. The second-order valence-electron chi connectivity index (χ2n) is 4.96.